The fourth-order valence-electron chi connectivity index (χ4n) is 2.00. The molecule has 0 radical (unpaired) electrons. The predicted octanol–water partition coefficient (Wildman–Crippen LogP) is 5.22. The number of thioether (sulfide) groups is 1. The van der Waals surface area contributed by atoms with Crippen LogP contribution >= 0.6 is 27.7 Å². The van der Waals surface area contributed by atoms with Crippen LogP contribution < -0.4 is 5.32 Å². The van der Waals surface area contributed by atoms with Gasteiger partial charge >= 0.3 is 0 Å². The van der Waals surface area contributed by atoms with Gasteiger partial charge in [0.15, 0.2) is 0 Å². The van der Waals surface area contributed by atoms with E-state index >= 15 is 0 Å². The summed E-state index contributed by atoms with van der Waals surface area (Å²) in [6.07, 6.45) is 1.98. The minimum atomic E-state index is 0.146. The molecule has 2 aromatic rings. The summed E-state index contributed by atoms with van der Waals surface area (Å²) >= 11 is 5.03. The van der Waals surface area contributed by atoms with Gasteiger partial charge in [-0.15, -0.1) is 11.8 Å². The van der Waals surface area contributed by atoms with Crippen LogP contribution in [0.4, 0.5) is 5.69 Å². The topological polar surface area (TPSA) is 35.8 Å². The normalized spacial score (nSPS) is 11.7. The summed E-state index contributed by atoms with van der Waals surface area (Å²) in [5, 5.41) is 12.8. The van der Waals surface area contributed by atoms with Crippen molar-refractivity contribution in [2.45, 2.75) is 17.9 Å². The molecule has 0 heterocycles. The number of rotatable bonds is 4. The maximum absolute atomic E-state index is 9.34. The second kappa shape index (κ2) is 6.83. The minimum absolute atomic E-state index is 0.146. The van der Waals surface area contributed by atoms with Crippen molar-refractivity contribution >= 4 is 33.4 Å². The molecule has 0 amide bonds. The Hall–Kier alpha value is -1.44. The van der Waals surface area contributed by atoms with Gasteiger partial charge in [-0.3, -0.25) is 0 Å². The maximum Gasteiger partial charge on any atom is 0.102 e. The van der Waals surface area contributed by atoms with Gasteiger partial charge in [0.25, 0.3) is 0 Å². The average molecular weight is 347 g/mol. The van der Waals surface area contributed by atoms with Crippen LogP contribution in [0.15, 0.2) is 51.8 Å². The second-order valence-corrected chi connectivity index (χ2v) is 6.18. The van der Waals surface area contributed by atoms with E-state index < -0.39 is 0 Å². The standard InChI is InChI=1S/C16H15BrN2S/c1-11(12-6-8-13(17)9-7-12)19-15-4-3-5-16(20-2)14(15)10-18/h3-9,11,19H,1-2H3. The van der Waals surface area contributed by atoms with Crippen molar-refractivity contribution in [1.82, 2.24) is 0 Å². The number of nitrogens with zero attached hydrogens (tertiary/aromatic N) is 1. The van der Waals surface area contributed by atoms with Gasteiger partial charge in [0.1, 0.15) is 6.07 Å². The molecule has 0 bridgehead atoms. The maximum atomic E-state index is 9.34. The van der Waals surface area contributed by atoms with E-state index in [2.05, 4.69) is 46.4 Å². The van der Waals surface area contributed by atoms with Crippen molar-refractivity contribution in [3.05, 3.63) is 58.1 Å². The summed E-state index contributed by atoms with van der Waals surface area (Å²) in [6.45, 7) is 2.09. The third-order valence-electron chi connectivity index (χ3n) is 3.10. The number of nitriles is 1. The molecule has 0 aliphatic carbocycles. The lowest BCUT2D eigenvalue weighted by molar-refractivity contribution is 0.882. The summed E-state index contributed by atoms with van der Waals surface area (Å²) in [4.78, 5) is 1.00. The van der Waals surface area contributed by atoms with E-state index in [1.54, 1.807) is 11.8 Å². The van der Waals surface area contributed by atoms with Crippen LogP contribution in [0.3, 0.4) is 0 Å². The Morgan fingerprint density at radius 3 is 2.50 bits per heavy atom. The molecule has 0 saturated heterocycles. The molecular weight excluding hydrogens is 332 g/mol. The zero-order valence-corrected chi connectivity index (χ0v) is 13.8. The highest BCUT2D eigenvalue weighted by molar-refractivity contribution is 9.10. The lowest BCUT2D eigenvalue weighted by Crippen LogP contribution is -2.08. The molecule has 1 unspecified atom stereocenters. The summed E-state index contributed by atoms with van der Waals surface area (Å²) in [5.41, 5.74) is 2.78. The molecular formula is C16H15BrN2S. The number of hydrogen-bond donors (Lipinski definition) is 1. The number of halogens is 1. The Labute approximate surface area is 132 Å². The molecule has 0 spiro atoms. The smallest absolute Gasteiger partial charge is 0.102 e. The molecule has 4 heteroatoms. The van der Waals surface area contributed by atoms with Crippen molar-refractivity contribution < 1.29 is 0 Å². The van der Waals surface area contributed by atoms with Gasteiger partial charge in [-0.05, 0) is 43.0 Å². The summed E-state index contributed by atoms with van der Waals surface area (Å²) < 4.78 is 1.07. The van der Waals surface area contributed by atoms with Gasteiger partial charge in [-0.2, -0.15) is 5.26 Å². The number of anilines is 1. The zero-order chi connectivity index (χ0) is 14.5. The van der Waals surface area contributed by atoms with Crippen LogP contribution in [0.25, 0.3) is 0 Å². The van der Waals surface area contributed by atoms with E-state index in [-0.39, 0.29) is 6.04 Å². The van der Waals surface area contributed by atoms with Gasteiger partial charge in [0.05, 0.1) is 11.3 Å². The molecule has 20 heavy (non-hydrogen) atoms. The fourth-order valence-corrected chi connectivity index (χ4v) is 2.84. The quantitative estimate of drug-likeness (QED) is 0.771. The Kier molecular flexibility index (Phi) is 5.11. The highest BCUT2D eigenvalue weighted by Crippen LogP contribution is 2.29. The first-order valence-corrected chi connectivity index (χ1v) is 8.26. The SMILES string of the molecule is CSc1cccc(NC(C)c2ccc(Br)cc2)c1C#N. The second-order valence-electron chi connectivity index (χ2n) is 4.41. The van der Waals surface area contributed by atoms with Gasteiger partial charge < -0.3 is 5.32 Å². The summed E-state index contributed by atoms with van der Waals surface area (Å²) in [5.74, 6) is 0. The first-order valence-electron chi connectivity index (χ1n) is 6.25. The number of nitrogens with one attached hydrogen (secondary N) is 1. The van der Waals surface area contributed by atoms with Crippen LogP contribution in [0.2, 0.25) is 0 Å². The molecule has 0 aromatic heterocycles. The van der Waals surface area contributed by atoms with Crippen LogP contribution in [-0.2, 0) is 0 Å². The average Bonchev–Trinajstić information content (AvgIpc) is 2.47. The largest absolute Gasteiger partial charge is 0.377 e. The third kappa shape index (κ3) is 3.36. The number of hydrogen-bond acceptors (Lipinski definition) is 3. The van der Waals surface area contributed by atoms with Crippen molar-refractivity contribution in [2.24, 2.45) is 0 Å². The monoisotopic (exact) mass is 346 g/mol. The predicted molar refractivity (Wildman–Crippen MR) is 89.1 cm³/mol. The first kappa shape index (κ1) is 15.0. The van der Waals surface area contributed by atoms with Crippen molar-refractivity contribution in [3.8, 4) is 6.07 Å². The Bertz CT molecular complexity index is 632. The number of benzene rings is 2. The van der Waals surface area contributed by atoms with Crippen LogP contribution in [-0.4, -0.2) is 6.26 Å². The van der Waals surface area contributed by atoms with Gasteiger partial charge in [0, 0.05) is 15.4 Å². The van der Waals surface area contributed by atoms with E-state index in [4.69, 9.17) is 0 Å². The van der Waals surface area contributed by atoms with E-state index in [1.165, 1.54) is 5.56 Å². The first-order chi connectivity index (χ1) is 9.65. The molecule has 2 aromatic carbocycles. The summed E-state index contributed by atoms with van der Waals surface area (Å²) in [6, 6.07) is 16.5. The molecule has 102 valence electrons. The molecule has 1 N–H and O–H groups in total. The minimum Gasteiger partial charge on any atom is -0.377 e. The third-order valence-corrected chi connectivity index (χ3v) is 4.41. The molecule has 2 nitrogen and oxygen atoms in total. The zero-order valence-electron chi connectivity index (χ0n) is 11.4. The van der Waals surface area contributed by atoms with E-state index in [0.717, 1.165) is 15.1 Å². The lowest BCUT2D eigenvalue weighted by Gasteiger charge is -2.17. The lowest BCUT2D eigenvalue weighted by atomic mass is 10.1. The van der Waals surface area contributed by atoms with Crippen LogP contribution in [0.1, 0.15) is 24.1 Å². The van der Waals surface area contributed by atoms with Crippen molar-refractivity contribution in [2.75, 3.05) is 11.6 Å². The van der Waals surface area contributed by atoms with E-state index in [9.17, 15) is 5.26 Å². The van der Waals surface area contributed by atoms with Crippen LogP contribution in [0, 0.1) is 11.3 Å². The Morgan fingerprint density at radius 1 is 1.20 bits per heavy atom. The summed E-state index contributed by atoms with van der Waals surface area (Å²) in [7, 11) is 0. The van der Waals surface area contributed by atoms with Gasteiger partial charge in [0.2, 0.25) is 0 Å². The molecule has 0 aliphatic rings. The van der Waals surface area contributed by atoms with Gasteiger partial charge in [-0.25, -0.2) is 0 Å². The van der Waals surface area contributed by atoms with Gasteiger partial charge in [-0.1, -0.05) is 34.1 Å². The Morgan fingerprint density at radius 2 is 1.90 bits per heavy atom. The molecule has 0 aliphatic heterocycles. The molecule has 2 rings (SSSR count). The molecule has 0 fully saturated rings. The molecule has 1 atom stereocenters. The van der Waals surface area contributed by atoms with E-state index in [0.29, 0.717) is 5.56 Å². The fraction of sp³-hybridized carbons (Fsp3) is 0.188. The molecule has 0 saturated carbocycles. The highest BCUT2D eigenvalue weighted by atomic mass is 79.9. The van der Waals surface area contributed by atoms with Crippen LogP contribution in [0.5, 0.6) is 0 Å². The van der Waals surface area contributed by atoms with Crippen molar-refractivity contribution in [3.63, 3.8) is 0 Å². The van der Waals surface area contributed by atoms with E-state index in [1.807, 2.05) is 36.6 Å². The highest BCUT2D eigenvalue weighted by Gasteiger charge is 2.11. The Balaban J connectivity index is 2.26. The van der Waals surface area contributed by atoms with Crippen molar-refractivity contribution in [1.29, 1.82) is 5.26 Å².